The molecule has 1 saturated carbocycles. The van der Waals surface area contributed by atoms with Crippen molar-refractivity contribution in [3.05, 3.63) is 33.8 Å². The first-order chi connectivity index (χ1) is 14.5. The molecular weight excluding hydrogens is 446 g/mol. The lowest BCUT2D eigenvalue weighted by Gasteiger charge is -2.26. The summed E-state index contributed by atoms with van der Waals surface area (Å²) >= 11 is 3.34. The number of fused-ring (bicyclic) bond motifs is 1. The lowest BCUT2D eigenvalue weighted by Crippen LogP contribution is -2.40. The molecule has 1 N–H and O–H groups in total. The summed E-state index contributed by atoms with van der Waals surface area (Å²) < 4.78 is 0.776. The third-order valence-electron chi connectivity index (χ3n) is 6.64. The van der Waals surface area contributed by atoms with Gasteiger partial charge in [-0.1, -0.05) is 41.6 Å². The predicted molar refractivity (Wildman–Crippen MR) is 118 cm³/mol. The van der Waals surface area contributed by atoms with E-state index >= 15 is 0 Å². The Morgan fingerprint density at radius 1 is 1.03 bits per heavy atom. The second-order valence-corrected chi connectivity index (χ2v) is 9.66. The average molecular weight is 476 g/mol. The fraction of sp³-hybridized carbons (Fsp3) is 0.609. The molecule has 2 heterocycles. The maximum atomic E-state index is 12.5. The van der Waals surface area contributed by atoms with Crippen LogP contribution in [-0.4, -0.2) is 59.2 Å². The highest BCUT2D eigenvalue weighted by molar-refractivity contribution is 9.10. The Morgan fingerprint density at radius 2 is 1.77 bits per heavy atom. The molecule has 0 aromatic heterocycles. The average Bonchev–Trinajstić information content (AvgIpc) is 3.13. The number of likely N-dealkylation sites (tertiary alicyclic amines) is 1. The standard InChI is InChI=1S/C23H30BrN3O3/c24-16-9-10-19-20(14-16)23(30)27(22(19)29)12-5-8-21(28)25-17-11-13-26(15-17)18-6-3-1-2-4-7-18/h9-10,14,17-18H,1-8,11-13,15H2,(H,25,28). The largest absolute Gasteiger partial charge is 0.352 e. The van der Waals surface area contributed by atoms with Crippen LogP contribution in [0, 0.1) is 0 Å². The van der Waals surface area contributed by atoms with Crippen molar-refractivity contribution in [2.45, 2.75) is 69.9 Å². The van der Waals surface area contributed by atoms with E-state index in [9.17, 15) is 14.4 Å². The molecule has 1 unspecified atom stereocenters. The van der Waals surface area contributed by atoms with Gasteiger partial charge in [-0.15, -0.1) is 0 Å². The Balaban J connectivity index is 1.20. The van der Waals surface area contributed by atoms with Gasteiger partial charge in [0.15, 0.2) is 0 Å². The fourth-order valence-electron chi connectivity index (χ4n) is 5.02. The van der Waals surface area contributed by atoms with Gasteiger partial charge in [-0.3, -0.25) is 24.2 Å². The molecular formula is C23H30BrN3O3. The Kier molecular flexibility index (Phi) is 6.88. The van der Waals surface area contributed by atoms with Gasteiger partial charge in [0.25, 0.3) is 11.8 Å². The number of rotatable bonds is 6. The number of hydrogen-bond acceptors (Lipinski definition) is 4. The molecule has 1 aromatic carbocycles. The molecule has 4 rings (SSSR count). The van der Waals surface area contributed by atoms with Crippen LogP contribution >= 0.6 is 15.9 Å². The van der Waals surface area contributed by atoms with Crippen LogP contribution in [0.3, 0.4) is 0 Å². The van der Waals surface area contributed by atoms with Gasteiger partial charge in [0.05, 0.1) is 11.1 Å². The van der Waals surface area contributed by atoms with E-state index in [1.807, 2.05) is 0 Å². The Morgan fingerprint density at radius 3 is 2.53 bits per heavy atom. The normalized spacial score (nSPS) is 23.0. The SMILES string of the molecule is O=C(CCCN1C(=O)c2ccc(Br)cc2C1=O)NC1CCN(C2CCCCCC2)C1. The molecule has 2 fully saturated rings. The van der Waals surface area contributed by atoms with E-state index < -0.39 is 0 Å². The number of imide groups is 1. The van der Waals surface area contributed by atoms with E-state index in [4.69, 9.17) is 0 Å². The Labute approximate surface area is 186 Å². The van der Waals surface area contributed by atoms with Crippen molar-refractivity contribution in [3.8, 4) is 0 Å². The maximum absolute atomic E-state index is 12.5. The van der Waals surface area contributed by atoms with Gasteiger partial charge in [-0.25, -0.2) is 0 Å². The van der Waals surface area contributed by atoms with Crippen molar-refractivity contribution < 1.29 is 14.4 Å². The molecule has 0 bridgehead atoms. The molecule has 1 aliphatic carbocycles. The summed E-state index contributed by atoms with van der Waals surface area (Å²) in [6, 6.07) is 6.02. The fourth-order valence-corrected chi connectivity index (χ4v) is 5.38. The molecule has 162 valence electrons. The van der Waals surface area contributed by atoms with E-state index in [2.05, 4.69) is 26.1 Å². The number of hydrogen-bond donors (Lipinski definition) is 1. The molecule has 1 atom stereocenters. The van der Waals surface area contributed by atoms with Crippen molar-refractivity contribution >= 4 is 33.7 Å². The lowest BCUT2D eigenvalue weighted by molar-refractivity contribution is -0.121. The number of carbonyl (C=O) groups excluding carboxylic acids is 3. The van der Waals surface area contributed by atoms with Gasteiger partial charge in [-0.2, -0.15) is 0 Å². The highest BCUT2D eigenvalue weighted by atomic mass is 79.9. The van der Waals surface area contributed by atoms with Gasteiger partial charge in [0.2, 0.25) is 5.91 Å². The summed E-state index contributed by atoms with van der Waals surface area (Å²) in [5.41, 5.74) is 0.876. The molecule has 1 saturated heterocycles. The molecule has 7 heteroatoms. The summed E-state index contributed by atoms with van der Waals surface area (Å²) in [6.45, 7) is 2.29. The van der Waals surface area contributed by atoms with Gasteiger partial charge in [-0.05, 0) is 43.9 Å². The molecule has 2 aliphatic heterocycles. The lowest BCUT2D eigenvalue weighted by atomic mass is 10.1. The van der Waals surface area contributed by atoms with Gasteiger partial charge in [0, 0.05) is 42.6 Å². The van der Waals surface area contributed by atoms with Crippen LogP contribution in [0.5, 0.6) is 0 Å². The van der Waals surface area contributed by atoms with E-state index in [0.717, 1.165) is 24.0 Å². The van der Waals surface area contributed by atoms with Crippen molar-refractivity contribution in [2.75, 3.05) is 19.6 Å². The third-order valence-corrected chi connectivity index (χ3v) is 7.14. The van der Waals surface area contributed by atoms with E-state index in [-0.39, 0.29) is 30.3 Å². The summed E-state index contributed by atoms with van der Waals surface area (Å²) in [6.07, 6.45) is 9.77. The zero-order valence-corrected chi connectivity index (χ0v) is 19.0. The zero-order chi connectivity index (χ0) is 21.1. The van der Waals surface area contributed by atoms with Crippen LogP contribution in [0.4, 0.5) is 0 Å². The summed E-state index contributed by atoms with van der Waals surface area (Å²) in [5, 5.41) is 3.16. The number of carbonyl (C=O) groups is 3. The van der Waals surface area contributed by atoms with Gasteiger partial charge in [0.1, 0.15) is 0 Å². The monoisotopic (exact) mass is 475 g/mol. The van der Waals surface area contributed by atoms with Crippen molar-refractivity contribution in [1.82, 2.24) is 15.1 Å². The number of nitrogens with one attached hydrogen (secondary N) is 1. The second-order valence-electron chi connectivity index (χ2n) is 8.75. The molecule has 30 heavy (non-hydrogen) atoms. The topological polar surface area (TPSA) is 69.7 Å². The van der Waals surface area contributed by atoms with Crippen LogP contribution in [0.15, 0.2) is 22.7 Å². The first kappa shape index (κ1) is 21.5. The highest BCUT2D eigenvalue weighted by Crippen LogP contribution is 2.27. The van der Waals surface area contributed by atoms with Crippen LogP contribution < -0.4 is 5.32 Å². The number of nitrogens with zero attached hydrogens (tertiary/aromatic N) is 2. The number of benzene rings is 1. The molecule has 1 aromatic rings. The van der Waals surface area contributed by atoms with Crippen molar-refractivity contribution in [2.24, 2.45) is 0 Å². The smallest absolute Gasteiger partial charge is 0.261 e. The Bertz CT molecular complexity index is 820. The molecule has 0 spiro atoms. The van der Waals surface area contributed by atoms with E-state index in [1.165, 1.54) is 43.4 Å². The van der Waals surface area contributed by atoms with Gasteiger partial charge < -0.3 is 5.32 Å². The molecule has 6 nitrogen and oxygen atoms in total. The van der Waals surface area contributed by atoms with Gasteiger partial charge >= 0.3 is 0 Å². The van der Waals surface area contributed by atoms with Crippen LogP contribution in [0.25, 0.3) is 0 Å². The first-order valence-corrected chi connectivity index (χ1v) is 12.0. The maximum Gasteiger partial charge on any atom is 0.261 e. The summed E-state index contributed by atoms with van der Waals surface area (Å²) in [5.74, 6) is -0.522. The molecule has 3 aliphatic rings. The van der Waals surface area contributed by atoms with Crippen LogP contribution in [-0.2, 0) is 4.79 Å². The molecule has 0 radical (unpaired) electrons. The minimum absolute atomic E-state index is 0.0158. The summed E-state index contributed by atoms with van der Waals surface area (Å²) in [7, 11) is 0. The van der Waals surface area contributed by atoms with E-state index in [0.29, 0.717) is 30.0 Å². The van der Waals surface area contributed by atoms with E-state index in [1.54, 1.807) is 18.2 Å². The summed E-state index contributed by atoms with van der Waals surface area (Å²) in [4.78, 5) is 41.2. The second kappa shape index (κ2) is 9.60. The van der Waals surface area contributed by atoms with Crippen LogP contribution in [0.1, 0.15) is 78.5 Å². The zero-order valence-electron chi connectivity index (χ0n) is 17.4. The molecule has 3 amide bonds. The highest BCUT2D eigenvalue weighted by Gasteiger charge is 2.35. The minimum atomic E-state index is -0.272. The number of halogens is 1. The van der Waals surface area contributed by atoms with Crippen molar-refractivity contribution in [1.29, 1.82) is 0 Å². The first-order valence-electron chi connectivity index (χ1n) is 11.2. The Hall–Kier alpha value is -1.73. The third kappa shape index (κ3) is 4.78. The van der Waals surface area contributed by atoms with Crippen molar-refractivity contribution in [3.63, 3.8) is 0 Å². The number of amides is 3. The predicted octanol–water partition coefficient (Wildman–Crippen LogP) is 3.74. The quantitative estimate of drug-likeness (QED) is 0.502. The minimum Gasteiger partial charge on any atom is -0.352 e. The van der Waals surface area contributed by atoms with Crippen LogP contribution in [0.2, 0.25) is 0 Å².